The molecule has 1 aromatic rings. The van der Waals surface area contributed by atoms with Gasteiger partial charge in [-0.25, -0.2) is 9.59 Å². The molecule has 100 valence electrons. The zero-order valence-corrected chi connectivity index (χ0v) is 12.0. The summed E-state index contributed by atoms with van der Waals surface area (Å²) in [7, 11) is 0. The normalized spacial score (nSPS) is 10.6. The molecule has 1 aromatic carbocycles. The van der Waals surface area contributed by atoms with Gasteiger partial charge in [0.2, 0.25) is 12.2 Å². The predicted molar refractivity (Wildman–Crippen MR) is 74.8 cm³/mol. The van der Waals surface area contributed by atoms with Gasteiger partial charge in [-0.05, 0) is 36.8 Å². The van der Waals surface area contributed by atoms with Gasteiger partial charge in [0.05, 0.1) is 11.4 Å². The van der Waals surface area contributed by atoms with Crippen molar-refractivity contribution in [2.24, 2.45) is 9.98 Å². The number of rotatable bonds is 4. The molecule has 0 aromatic heterocycles. The molecule has 0 saturated heterocycles. The van der Waals surface area contributed by atoms with Gasteiger partial charge in [0.25, 0.3) is 0 Å². The van der Waals surface area contributed by atoms with E-state index in [2.05, 4.69) is 30.8 Å². The monoisotopic (exact) mass is 258 g/mol. The quantitative estimate of drug-likeness (QED) is 0.607. The minimum Gasteiger partial charge on any atom is -0.211 e. The Labute approximate surface area is 113 Å². The second kappa shape index (κ2) is 5.75. The standard InChI is InChI=1S/C15H18N2O2/c1-6-15(4,5)12-7-10(2)13(16-8-18)11(3)14(12)17-9-19/h7H,6H2,1-5H3. The average molecular weight is 258 g/mol. The van der Waals surface area contributed by atoms with Crippen LogP contribution in [-0.4, -0.2) is 12.2 Å². The third kappa shape index (κ3) is 2.87. The van der Waals surface area contributed by atoms with E-state index in [9.17, 15) is 9.59 Å². The molecule has 0 aliphatic carbocycles. The number of carbonyl (C=O) groups excluding carboxylic acids is 2. The Balaban J connectivity index is 3.76. The number of nitrogens with zero attached hydrogens (tertiary/aromatic N) is 2. The molecule has 0 aliphatic rings. The van der Waals surface area contributed by atoms with Crippen molar-refractivity contribution in [3.05, 3.63) is 22.8 Å². The van der Waals surface area contributed by atoms with Gasteiger partial charge in [0, 0.05) is 5.56 Å². The lowest BCUT2D eigenvalue weighted by Gasteiger charge is -2.26. The lowest BCUT2D eigenvalue weighted by molar-refractivity contribution is 0.506. The Kier molecular flexibility index (Phi) is 4.55. The van der Waals surface area contributed by atoms with Crippen LogP contribution < -0.4 is 0 Å². The van der Waals surface area contributed by atoms with Gasteiger partial charge in [-0.1, -0.05) is 26.8 Å². The van der Waals surface area contributed by atoms with Gasteiger partial charge in [0.1, 0.15) is 0 Å². The number of aryl methyl sites for hydroxylation is 1. The van der Waals surface area contributed by atoms with E-state index in [-0.39, 0.29) is 5.41 Å². The van der Waals surface area contributed by atoms with Crippen molar-refractivity contribution in [3.63, 3.8) is 0 Å². The van der Waals surface area contributed by atoms with E-state index in [4.69, 9.17) is 0 Å². The fraction of sp³-hybridized carbons (Fsp3) is 0.467. The summed E-state index contributed by atoms with van der Waals surface area (Å²) in [5, 5.41) is 0. The number of isocyanates is 2. The molecule has 0 atom stereocenters. The summed E-state index contributed by atoms with van der Waals surface area (Å²) in [5.74, 6) is 0. The van der Waals surface area contributed by atoms with Crippen molar-refractivity contribution in [1.82, 2.24) is 0 Å². The van der Waals surface area contributed by atoms with Crippen molar-refractivity contribution in [1.29, 1.82) is 0 Å². The van der Waals surface area contributed by atoms with Crippen LogP contribution in [0.2, 0.25) is 0 Å². The summed E-state index contributed by atoms with van der Waals surface area (Å²) >= 11 is 0. The van der Waals surface area contributed by atoms with Crippen LogP contribution in [0.4, 0.5) is 11.4 Å². The minimum atomic E-state index is -0.116. The molecule has 0 saturated carbocycles. The molecule has 4 heteroatoms. The molecule has 4 nitrogen and oxygen atoms in total. The molecule has 19 heavy (non-hydrogen) atoms. The van der Waals surface area contributed by atoms with Crippen LogP contribution in [0, 0.1) is 13.8 Å². The van der Waals surface area contributed by atoms with Crippen LogP contribution >= 0.6 is 0 Å². The van der Waals surface area contributed by atoms with Crippen LogP contribution in [0.3, 0.4) is 0 Å². The Morgan fingerprint density at radius 1 is 1.11 bits per heavy atom. The van der Waals surface area contributed by atoms with Crippen LogP contribution in [-0.2, 0) is 15.0 Å². The molecule has 0 radical (unpaired) electrons. The van der Waals surface area contributed by atoms with Crippen LogP contribution in [0.1, 0.15) is 43.9 Å². The molecular weight excluding hydrogens is 240 g/mol. The highest BCUT2D eigenvalue weighted by molar-refractivity contribution is 5.72. The zero-order valence-electron chi connectivity index (χ0n) is 12.0. The van der Waals surface area contributed by atoms with Gasteiger partial charge < -0.3 is 0 Å². The van der Waals surface area contributed by atoms with Gasteiger partial charge in [-0.15, -0.1) is 0 Å². The molecule has 0 aliphatic heterocycles. The van der Waals surface area contributed by atoms with Crippen molar-refractivity contribution in [2.75, 3.05) is 0 Å². The maximum atomic E-state index is 10.6. The fourth-order valence-electron chi connectivity index (χ4n) is 2.08. The largest absolute Gasteiger partial charge is 0.240 e. The van der Waals surface area contributed by atoms with Crippen LogP contribution in [0.15, 0.2) is 16.1 Å². The molecule has 0 fully saturated rings. The van der Waals surface area contributed by atoms with E-state index < -0.39 is 0 Å². The molecule has 0 heterocycles. The van der Waals surface area contributed by atoms with Crippen molar-refractivity contribution in [2.45, 2.75) is 46.5 Å². The summed E-state index contributed by atoms with van der Waals surface area (Å²) in [4.78, 5) is 28.6. The maximum absolute atomic E-state index is 10.6. The van der Waals surface area contributed by atoms with E-state index in [1.54, 1.807) is 19.1 Å². The zero-order chi connectivity index (χ0) is 14.6. The third-order valence-corrected chi connectivity index (χ3v) is 3.63. The third-order valence-electron chi connectivity index (χ3n) is 3.63. The second-order valence-corrected chi connectivity index (χ2v) is 5.21. The minimum absolute atomic E-state index is 0.116. The fourth-order valence-corrected chi connectivity index (χ4v) is 2.08. The van der Waals surface area contributed by atoms with Gasteiger partial charge >= 0.3 is 0 Å². The number of hydrogen-bond donors (Lipinski definition) is 0. The van der Waals surface area contributed by atoms with Gasteiger partial charge in [-0.3, -0.25) is 0 Å². The van der Waals surface area contributed by atoms with Gasteiger partial charge in [0.15, 0.2) is 0 Å². The second-order valence-electron chi connectivity index (χ2n) is 5.21. The lowest BCUT2D eigenvalue weighted by atomic mass is 9.79. The first-order valence-electron chi connectivity index (χ1n) is 6.19. The first-order chi connectivity index (χ1) is 8.88. The Bertz CT molecular complexity index is 591. The van der Waals surface area contributed by atoms with E-state index in [0.717, 1.165) is 17.5 Å². The first-order valence-corrected chi connectivity index (χ1v) is 6.19. The number of benzene rings is 1. The van der Waals surface area contributed by atoms with E-state index in [0.29, 0.717) is 16.9 Å². The van der Waals surface area contributed by atoms with Crippen molar-refractivity contribution >= 4 is 23.5 Å². The Morgan fingerprint density at radius 2 is 1.63 bits per heavy atom. The first kappa shape index (κ1) is 15.0. The Morgan fingerprint density at radius 3 is 2.11 bits per heavy atom. The van der Waals surface area contributed by atoms with E-state index in [1.807, 2.05) is 13.0 Å². The highest BCUT2D eigenvalue weighted by atomic mass is 16.1. The number of aliphatic imine (C=N–C) groups is 2. The predicted octanol–water partition coefficient (Wildman–Crippen LogP) is 3.93. The van der Waals surface area contributed by atoms with Crippen molar-refractivity contribution < 1.29 is 9.59 Å². The maximum Gasteiger partial charge on any atom is 0.240 e. The Hall–Kier alpha value is -2.02. The molecule has 0 bridgehead atoms. The van der Waals surface area contributed by atoms with E-state index >= 15 is 0 Å². The van der Waals surface area contributed by atoms with Crippen LogP contribution in [0.5, 0.6) is 0 Å². The number of hydrogen-bond acceptors (Lipinski definition) is 4. The van der Waals surface area contributed by atoms with Crippen molar-refractivity contribution in [3.8, 4) is 0 Å². The average Bonchev–Trinajstić information content (AvgIpc) is 2.37. The van der Waals surface area contributed by atoms with Crippen LogP contribution in [0.25, 0.3) is 0 Å². The highest BCUT2D eigenvalue weighted by Crippen LogP contribution is 2.41. The van der Waals surface area contributed by atoms with Gasteiger partial charge in [-0.2, -0.15) is 9.98 Å². The molecule has 0 unspecified atom stereocenters. The summed E-state index contributed by atoms with van der Waals surface area (Å²) in [6, 6.07) is 1.93. The molecule has 0 amide bonds. The molecule has 1 rings (SSSR count). The van der Waals surface area contributed by atoms with E-state index in [1.165, 1.54) is 0 Å². The summed E-state index contributed by atoms with van der Waals surface area (Å²) in [6.07, 6.45) is 4.03. The SMILES string of the molecule is CCC(C)(C)c1cc(C)c(N=C=O)c(C)c1N=C=O. The summed E-state index contributed by atoms with van der Waals surface area (Å²) in [5.41, 5.74) is 3.53. The molecule has 0 spiro atoms. The topological polar surface area (TPSA) is 58.9 Å². The summed E-state index contributed by atoms with van der Waals surface area (Å²) < 4.78 is 0. The summed E-state index contributed by atoms with van der Waals surface area (Å²) in [6.45, 7) is 9.94. The smallest absolute Gasteiger partial charge is 0.211 e. The lowest BCUT2D eigenvalue weighted by Crippen LogP contribution is -2.16. The highest BCUT2D eigenvalue weighted by Gasteiger charge is 2.25. The molecular formula is C15H18N2O2. The molecule has 0 N–H and O–H groups in total.